The van der Waals surface area contributed by atoms with Crippen LogP contribution < -0.4 is 10.1 Å². The van der Waals surface area contributed by atoms with Crippen LogP contribution in [0.5, 0.6) is 5.75 Å². The second-order valence-corrected chi connectivity index (χ2v) is 4.21. The molecule has 1 aromatic rings. The Balaban J connectivity index is 2.25. The third-order valence-corrected chi connectivity index (χ3v) is 3.11. The number of benzene rings is 1. The van der Waals surface area contributed by atoms with E-state index in [1.807, 2.05) is 0 Å². The summed E-state index contributed by atoms with van der Waals surface area (Å²) in [4.78, 5) is 22.1. The summed E-state index contributed by atoms with van der Waals surface area (Å²) < 4.78 is 5.03. The third kappa shape index (κ3) is 2.42. The minimum atomic E-state index is -0.768. The summed E-state index contributed by atoms with van der Waals surface area (Å²) in [5, 5.41) is 13.7. The van der Waals surface area contributed by atoms with Crippen LogP contribution >= 0.6 is 0 Å². The Morgan fingerprint density at radius 2 is 2.06 bits per heavy atom. The molecule has 0 aliphatic carbocycles. The zero-order valence-corrected chi connectivity index (χ0v) is 9.96. The summed E-state index contributed by atoms with van der Waals surface area (Å²) >= 11 is 0. The van der Waals surface area contributed by atoms with Crippen molar-refractivity contribution in [1.29, 1.82) is 0 Å². The fourth-order valence-corrected chi connectivity index (χ4v) is 2.13. The lowest BCUT2D eigenvalue weighted by atomic mass is 9.92. The topological polar surface area (TPSA) is 81.5 Å². The Morgan fingerprint density at radius 3 is 2.61 bits per heavy atom. The number of carbonyl (C=O) groups excluding carboxylic acids is 1. The normalized spacial score (nSPS) is 23.3. The summed E-state index contributed by atoms with van der Waals surface area (Å²) in [6, 6.07) is 5.61. The van der Waals surface area contributed by atoms with E-state index in [2.05, 4.69) is 5.32 Å². The van der Waals surface area contributed by atoms with Crippen LogP contribution in [0.15, 0.2) is 24.3 Å². The molecule has 2 atom stereocenters. The maximum absolute atomic E-state index is 11.4. The lowest BCUT2D eigenvalue weighted by Crippen LogP contribution is -2.45. The van der Waals surface area contributed by atoms with Crippen molar-refractivity contribution in [2.45, 2.75) is 24.9 Å². The van der Waals surface area contributed by atoms with E-state index in [9.17, 15) is 14.9 Å². The minimum Gasteiger partial charge on any atom is -0.497 e. The average molecular weight is 250 g/mol. The number of piperidine rings is 1. The molecular formula is C12H14N2O4. The number of hydrogen-bond acceptors (Lipinski definition) is 4. The first-order valence-electron chi connectivity index (χ1n) is 5.68. The first kappa shape index (κ1) is 12.3. The molecule has 1 aliphatic heterocycles. The van der Waals surface area contributed by atoms with Gasteiger partial charge in [-0.3, -0.25) is 14.9 Å². The van der Waals surface area contributed by atoms with Crippen LogP contribution in [0.3, 0.4) is 0 Å². The monoisotopic (exact) mass is 250 g/mol. The molecular weight excluding hydrogens is 236 g/mol. The highest BCUT2D eigenvalue weighted by molar-refractivity contribution is 5.77. The fraction of sp³-hybridized carbons (Fsp3) is 0.417. The molecule has 1 saturated heterocycles. The minimum absolute atomic E-state index is 0.145. The number of amides is 1. The van der Waals surface area contributed by atoms with E-state index in [1.165, 1.54) is 0 Å². The summed E-state index contributed by atoms with van der Waals surface area (Å²) in [6.45, 7) is 0. The molecule has 1 fully saturated rings. The summed E-state index contributed by atoms with van der Waals surface area (Å²) in [5.74, 6) is 0.535. The van der Waals surface area contributed by atoms with E-state index in [-0.39, 0.29) is 23.7 Å². The Kier molecular flexibility index (Phi) is 3.45. The van der Waals surface area contributed by atoms with Crippen LogP contribution in [0.4, 0.5) is 0 Å². The number of nitrogens with one attached hydrogen (secondary N) is 1. The zero-order chi connectivity index (χ0) is 13.1. The molecule has 1 aromatic carbocycles. The van der Waals surface area contributed by atoms with Gasteiger partial charge in [-0.1, -0.05) is 12.1 Å². The van der Waals surface area contributed by atoms with E-state index in [0.717, 1.165) is 5.56 Å². The van der Waals surface area contributed by atoms with E-state index >= 15 is 0 Å². The van der Waals surface area contributed by atoms with Crippen molar-refractivity contribution in [2.75, 3.05) is 7.11 Å². The highest BCUT2D eigenvalue weighted by Gasteiger charge is 2.37. The number of rotatable bonds is 3. The van der Waals surface area contributed by atoms with Gasteiger partial charge in [0.15, 0.2) is 0 Å². The second kappa shape index (κ2) is 5.03. The molecule has 1 aliphatic rings. The smallest absolute Gasteiger partial charge is 0.237 e. The first-order valence-corrected chi connectivity index (χ1v) is 5.68. The van der Waals surface area contributed by atoms with Gasteiger partial charge in [-0.05, 0) is 17.7 Å². The Hall–Kier alpha value is -2.11. The van der Waals surface area contributed by atoms with Crippen LogP contribution in [0, 0.1) is 10.1 Å². The predicted molar refractivity (Wildman–Crippen MR) is 63.9 cm³/mol. The zero-order valence-electron chi connectivity index (χ0n) is 9.96. The maximum Gasteiger partial charge on any atom is 0.237 e. The quantitative estimate of drug-likeness (QED) is 0.647. The standard InChI is InChI=1S/C12H14N2O4/c1-18-9-4-2-8(3-5-9)12-10(14(16)17)6-7-11(15)13-12/h2-5,10,12H,6-7H2,1H3,(H,13,15)/t10-,12+/m1/s1. The molecule has 1 amide bonds. The van der Waals surface area contributed by atoms with E-state index < -0.39 is 12.1 Å². The fourth-order valence-electron chi connectivity index (χ4n) is 2.13. The van der Waals surface area contributed by atoms with Gasteiger partial charge in [-0.25, -0.2) is 0 Å². The van der Waals surface area contributed by atoms with Gasteiger partial charge in [-0.15, -0.1) is 0 Å². The number of nitro groups is 1. The molecule has 6 heteroatoms. The number of ether oxygens (including phenoxy) is 1. The van der Waals surface area contributed by atoms with Crippen LogP contribution in [0.2, 0.25) is 0 Å². The molecule has 0 aromatic heterocycles. The Morgan fingerprint density at radius 1 is 1.39 bits per heavy atom. The number of hydrogen-bond donors (Lipinski definition) is 1. The van der Waals surface area contributed by atoms with Crippen molar-refractivity contribution < 1.29 is 14.5 Å². The van der Waals surface area contributed by atoms with Crippen LogP contribution in [-0.2, 0) is 4.79 Å². The van der Waals surface area contributed by atoms with Gasteiger partial charge in [0.2, 0.25) is 11.9 Å². The van der Waals surface area contributed by atoms with Crippen molar-refractivity contribution in [1.82, 2.24) is 5.32 Å². The molecule has 1 N–H and O–H groups in total. The van der Waals surface area contributed by atoms with Crippen molar-refractivity contribution in [2.24, 2.45) is 0 Å². The van der Waals surface area contributed by atoms with Gasteiger partial charge in [0.25, 0.3) is 0 Å². The Labute approximate surface area is 104 Å². The predicted octanol–water partition coefficient (Wildman–Crippen LogP) is 1.29. The number of nitrogens with zero attached hydrogens (tertiary/aromatic N) is 1. The number of carbonyl (C=O) groups is 1. The molecule has 0 spiro atoms. The molecule has 2 rings (SSSR count). The molecule has 18 heavy (non-hydrogen) atoms. The van der Waals surface area contributed by atoms with Crippen molar-refractivity contribution >= 4 is 5.91 Å². The van der Waals surface area contributed by atoms with Gasteiger partial charge in [-0.2, -0.15) is 0 Å². The highest BCUT2D eigenvalue weighted by atomic mass is 16.6. The highest BCUT2D eigenvalue weighted by Crippen LogP contribution is 2.27. The molecule has 0 bridgehead atoms. The van der Waals surface area contributed by atoms with Crippen LogP contribution in [0.25, 0.3) is 0 Å². The SMILES string of the molecule is COc1ccc([C@@H]2NC(=O)CC[C@H]2[N+](=O)[O-])cc1. The molecule has 0 saturated carbocycles. The maximum atomic E-state index is 11.4. The molecule has 96 valence electrons. The van der Waals surface area contributed by atoms with Gasteiger partial charge < -0.3 is 10.1 Å². The lowest BCUT2D eigenvalue weighted by Gasteiger charge is -2.26. The summed E-state index contributed by atoms with van der Waals surface area (Å²) in [7, 11) is 1.55. The van der Waals surface area contributed by atoms with E-state index in [0.29, 0.717) is 5.75 Å². The van der Waals surface area contributed by atoms with Crippen LogP contribution in [-0.4, -0.2) is 24.0 Å². The van der Waals surface area contributed by atoms with Crippen molar-refractivity contribution in [3.8, 4) is 5.75 Å². The van der Waals surface area contributed by atoms with Gasteiger partial charge in [0.1, 0.15) is 11.8 Å². The molecule has 6 nitrogen and oxygen atoms in total. The third-order valence-electron chi connectivity index (χ3n) is 3.11. The number of methoxy groups -OCH3 is 1. The summed E-state index contributed by atoms with van der Waals surface area (Å²) in [5.41, 5.74) is 0.727. The van der Waals surface area contributed by atoms with Crippen molar-refractivity contribution in [3.05, 3.63) is 39.9 Å². The first-order chi connectivity index (χ1) is 8.61. The molecule has 0 radical (unpaired) electrons. The van der Waals surface area contributed by atoms with Crippen molar-refractivity contribution in [3.63, 3.8) is 0 Å². The Bertz CT molecular complexity index is 458. The summed E-state index contributed by atoms with van der Waals surface area (Å²) in [6.07, 6.45) is 0.480. The van der Waals surface area contributed by atoms with E-state index in [4.69, 9.17) is 4.74 Å². The second-order valence-electron chi connectivity index (χ2n) is 4.21. The largest absolute Gasteiger partial charge is 0.497 e. The van der Waals surface area contributed by atoms with Gasteiger partial charge >= 0.3 is 0 Å². The van der Waals surface area contributed by atoms with Crippen LogP contribution in [0.1, 0.15) is 24.4 Å². The molecule has 0 unspecified atom stereocenters. The van der Waals surface area contributed by atoms with Gasteiger partial charge in [0, 0.05) is 17.8 Å². The van der Waals surface area contributed by atoms with E-state index in [1.54, 1.807) is 31.4 Å². The van der Waals surface area contributed by atoms with Gasteiger partial charge in [0.05, 0.1) is 7.11 Å². The lowest BCUT2D eigenvalue weighted by molar-refractivity contribution is -0.529. The average Bonchev–Trinajstić information content (AvgIpc) is 2.38. The molecule has 1 heterocycles.